The van der Waals surface area contributed by atoms with E-state index in [0.717, 1.165) is 30.5 Å². The number of hydrogen-bond donors (Lipinski definition) is 0. The van der Waals surface area contributed by atoms with E-state index in [4.69, 9.17) is 14.2 Å². The smallest absolute Gasteiger partial charge is 0.324 e. The molecule has 1 atom stereocenters. The highest BCUT2D eigenvalue weighted by Crippen LogP contribution is 2.35. The number of aromatic nitrogens is 4. The van der Waals surface area contributed by atoms with Gasteiger partial charge in [-0.05, 0) is 36.8 Å². The van der Waals surface area contributed by atoms with Gasteiger partial charge >= 0.3 is 6.03 Å². The Kier molecular flexibility index (Phi) is 9.70. The number of benzene rings is 2. The molecule has 1 aliphatic heterocycles. The summed E-state index contributed by atoms with van der Waals surface area (Å²) in [5.41, 5.74) is 2.88. The van der Waals surface area contributed by atoms with Crippen molar-refractivity contribution in [1.82, 2.24) is 24.6 Å². The van der Waals surface area contributed by atoms with Crippen LogP contribution in [-0.4, -0.2) is 64.6 Å². The Morgan fingerprint density at radius 1 is 0.977 bits per heavy atom. The standard InChI is InChI=1S/C32H37FN6O4/c1-4-5-6-13-43-31-15-27(8-10-30(31)42-3)39-20-23(19-38-22-25(16-36-38)28-17-34-11-12-35-28)18-37(32(39)40)21-24-14-26(33)7-9-29(24)41-2/h7-12,14-17,22-23H,4-6,13,18-21H2,1-3H3. The largest absolute Gasteiger partial charge is 0.496 e. The predicted octanol–water partition coefficient (Wildman–Crippen LogP) is 5.82. The van der Waals surface area contributed by atoms with Gasteiger partial charge in [-0.15, -0.1) is 0 Å². The lowest BCUT2D eigenvalue weighted by atomic mass is 10.0. The highest BCUT2D eigenvalue weighted by molar-refractivity contribution is 5.93. The molecule has 43 heavy (non-hydrogen) atoms. The number of amides is 2. The number of ether oxygens (including phenoxy) is 3. The molecule has 1 fully saturated rings. The van der Waals surface area contributed by atoms with Crippen molar-refractivity contribution in [3.8, 4) is 28.5 Å². The average Bonchev–Trinajstić information content (AvgIpc) is 3.50. The van der Waals surface area contributed by atoms with Crippen LogP contribution in [0, 0.1) is 11.7 Å². The van der Waals surface area contributed by atoms with E-state index < -0.39 is 0 Å². The number of carbonyl (C=O) groups is 1. The van der Waals surface area contributed by atoms with E-state index in [1.807, 2.05) is 29.1 Å². The zero-order valence-electron chi connectivity index (χ0n) is 24.8. The van der Waals surface area contributed by atoms with Gasteiger partial charge in [0.15, 0.2) is 11.5 Å². The van der Waals surface area contributed by atoms with Crippen molar-refractivity contribution in [2.75, 3.05) is 38.8 Å². The van der Waals surface area contributed by atoms with Crippen molar-refractivity contribution >= 4 is 11.7 Å². The van der Waals surface area contributed by atoms with Crippen molar-refractivity contribution in [2.45, 2.75) is 39.3 Å². The van der Waals surface area contributed by atoms with Crippen LogP contribution < -0.4 is 19.1 Å². The highest BCUT2D eigenvalue weighted by Gasteiger charge is 2.34. The molecule has 2 aromatic heterocycles. The molecule has 0 spiro atoms. The Morgan fingerprint density at radius 2 is 1.81 bits per heavy atom. The van der Waals surface area contributed by atoms with E-state index in [1.54, 1.807) is 47.8 Å². The van der Waals surface area contributed by atoms with E-state index in [1.165, 1.54) is 19.2 Å². The van der Waals surface area contributed by atoms with Gasteiger partial charge in [-0.1, -0.05) is 19.8 Å². The fourth-order valence-corrected chi connectivity index (χ4v) is 5.28. The van der Waals surface area contributed by atoms with Crippen molar-refractivity contribution in [1.29, 1.82) is 0 Å². The summed E-state index contributed by atoms with van der Waals surface area (Å²) in [6.07, 6.45) is 11.7. The minimum Gasteiger partial charge on any atom is -0.496 e. The van der Waals surface area contributed by atoms with E-state index in [-0.39, 0.29) is 24.3 Å². The maximum absolute atomic E-state index is 14.2. The van der Waals surface area contributed by atoms with Crippen molar-refractivity contribution in [2.24, 2.45) is 5.92 Å². The molecule has 1 unspecified atom stereocenters. The Balaban J connectivity index is 1.43. The molecular weight excluding hydrogens is 551 g/mol. The summed E-state index contributed by atoms with van der Waals surface area (Å²) in [6.45, 7) is 4.35. The van der Waals surface area contributed by atoms with Gasteiger partial charge in [0.2, 0.25) is 0 Å². The van der Waals surface area contributed by atoms with Crippen LogP contribution in [-0.2, 0) is 13.1 Å². The third-order valence-corrected chi connectivity index (χ3v) is 7.43. The van der Waals surface area contributed by atoms with Crippen LogP contribution in [0.2, 0.25) is 0 Å². The van der Waals surface area contributed by atoms with Gasteiger partial charge in [0.1, 0.15) is 11.6 Å². The van der Waals surface area contributed by atoms with Crippen molar-refractivity contribution < 1.29 is 23.4 Å². The lowest BCUT2D eigenvalue weighted by molar-refractivity contribution is 0.168. The normalized spacial score (nSPS) is 15.1. The molecular formula is C32H37FN6O4. The van der Waals surface area contributed by atoms with Crippen LogP contribution in [0.15, 0.2) is 67.4 Å². The van der Waals surface area contributed by atoms with Crippen LogP contribution in [0.1, 0.15) is 31.7 Å². The van der Waals surface area contributed by atoms with Crippen LogP contribution in [0.4, 0.5) is 14.9 Å². The van der Waals surface area contributed by atoms with Crippen LogP contribution in [0.3, 0.4) is 0 Å². The minimum atomic E-state index is -0.387. The molecule has 2 amide bonds. The first-order valence-corrected chi connectivity index (χ1v) is 14.5. The first-order valence-electron chi connectivity index (χ1n) is 14.5. The molecule has 0 radical (unpaired) electrons. The third kappa shape index (κ3) is 7.22. The fraction of sp³-hybridized carbons (Fsp3) is 0.375. The summed E-state index contributed by atoms with van der Waals surface area (Å²) < 4.78 is 33.2. The quantitative estimate of drug-likeness (QED) is 0.182. The molecule has 2 aromatic carbocycles. The molecule has 0 aliphatic carbocycles. The first-order chi connectivity index (χ1) is 21.0. The van der Waals surface area contributed by atoms with Crippen LogP contribution >= 0.6 is 0 Å². The van der Waals surface area contributed by atoms with Crippen molar-refractivity contribution in [3.63, 3.8) is 0 Å². The lowest BCUT2D eigenvalue weighted by Gasteiger charge is -2.40. The molecule has 226 valence electrons. The van der Waals surface area contributed by atoms with Gasteiger partial charge in [0, 0.05) is 67.0 Å². The third-order valence-electron chi connectivity index (χ3n) is 7.43. The minimum absolute atomic E-state index is 0.00267. The second-order valence-electron chi connectivity index (χ2n) is 10.5. The summed E-state index contributed by atoms with van der Waals surface area (Å²) in [7, 11) is 3.14. The van der Waals surface area contributed by atoms with E-state index in [2.05, 4.69) is 22.0 Å². The van der Waals surface area contributed by atoms with E-state index in [9.17, 15) is 9.18 Å². The molecule has 3 heterocycles. The zero-order chi connectivity index (χ0) is 30.2. The Hall–Kier alpha value is -4.67. The highest BCUT2D eigenvalue weighted by atomic mass is 19.1. The Bertz CT molecular complexity index is 1510. The Labute approximate surface area is 251 Å². The van der Waals surface area contributed by atoms with Crippen LogP contribution in [0.25, 0.3) is 11.3 Å². The topological polar surface area (TPSA) is 94.8 Å². The Morgan fingerprint density at radius 3 is 2.58 bits per heavy atom. The van der Waals surface area contributed by atoms with Gasteiger partial charge in [-0.3, -0.25) is 19.5 Å². The molecule has 0 N–H and O–H groups in total. The number of anilines is 1. The number of nitrogens with zero attached hydrogens (tertiary/aromatic N) is 6. The monoisotopic (exact) mass is 588 g/mol. The summed E-state index contributed by atoms with van der Waals surface area (Å²) in [4.78, 5) is 26.0. The number of carbonyl (C=O) groups excluding carboxylic acids is 1. The summed E-state index contributed by atoms with van der Waals surface area (Å²) in [6, 6.07) is 9.69. The number of hydrogen-bond acceptors (Lipinski definition) is 7. The SMILES string of the molecule is CCCCCOc1cc(N2CC(Cn3cc(-c4cnccn4)cn3)CN(Cc3cc(F)ccc3OC)C2=O)ccc1OC. The molecule has 4 aromatic rings. The molecule has 1 saturated heterocycles. The summed E-state index contributed by atoms with van der Waals surface area (Å²) in [5.74, 6) is 1.33. The second kappa shape index (κ2) is 14.0. The number of urea groups is 1. The van der Waals surface area contributed by atoms with Crippen molar-refractivity contribution in [3.05, 3.63) is 78.8 Å². The van der Waals surface area contributed by atoms with E-state index >= 15 is 0 Å². The fourth-order valence-electron chi connectivity index (χ4n) is 5.28. The second-order valence-corrected chi connectivity index (χ2v) is 10.5. The lowest BCUT2D eigenvalue weighted by Crippen LogP contribution is -2.54. The predicted molar refractivity (Wildman–Crippen MR) is 161 cm³/mol. The number of methoxy groups -OCH3 is 2. The van der Waals surface area contributed by atoms with E-state index in [0.29, 0.717) is 54.7 Å². The molecule has 0 bridgehead atoms. The summed E-state index contributed by atoms with van der Waals surface area (Å²) in [5, 5.41) is 4.56. The van der Waals surface area contributed by atoms with Gasteiger partial charge in [-0.2, -0.15) is 5.10 Å². The summed E-state index contributed by atoms with van der Waals surface area (Å²) >= 11 is 0. The zero-order valence-corrected chi connectivity index (χ0v) is 24.8. The molecule has 5 rings (SSSR count). The van der Waals surface area contributed by atoms with Gasteiger partial charge in [0.05, 0.1) is 45.5 Å². The van der Waals surface area contributed by atoms with Gasteiger partial charge < -0.3 is 19.1 Å². The van der Waals surface area contributed by atoms with Gasteiger partial charge in [-0.25, -0.2) is 9.18 Å². The number of halogens is 1. The number of rotatable bonds is 13. The first kappa shape index (κ1) is 29.8. The molecule has 11 heteroatoms. The molecule has 10 nitrogen and oxygen atoms in total. The van der Waals surface area contributed by atoms with Crippen LogP contribution in [0.5, 0.6) is 17.2 Å². The maximum atomic E-state index is 14.2. The molecule has 1 aliphatic rings. The number of unbranched alkanes of at least 4 members (excludes halogenated alkanes) is 2. The maximum Gasteiger partial charge on any atom is 0.324 e. The molecule has 0 saturated carbocycles. The van der Waals surface area contributed by atoms with Gasteiger partial charge in [0.25, 0.3) is 0 Å². The average molecular weight is 589 g/mol.